The maximum absolute atomic E-state index is 12.7. The fourth-order valence-corrected chi connectivity index (χ4v) is 3.74. The zero-order valence-electron chi connectivity index (χ0n) is 16.1. The summed E-state index contributed by atoms with van der Waals surface area (Å²) in [5.74, 6) is -0.0658. The van der Waals surface area contributed by atoms with Gasteiger partial charge in [-0.15, -0.1) is 0 Å². The monoisotopic (exact) mass is 446 g/mol. The van der Waals surface area contributed by atoms with Crippen LogP contribution in [-0.2, 0) is 9.59 Å². The first-order valence-electron chi connectivity index (χ1n) is 8.99. The summed E-state index contributed by atoms with van der Waals surface area (Å²) in [5.41, 5.74) is 6.63. The molecule has 0 aromatic heterocycles. The Balaban J connectivity index is 1.70. The Labute approximate surface area is 182 Å². The van der Waals surface area contributed by atoms with E-state index in [4.69, 9.17) is 26.8 Å². The molecular formula is C21H19ClN2O5S. The lowest BCUT2D eigenvalue weighted by Gasteiger charge is -2.13. The number of aryl methyl sites for hydroxylation is 1. The lowest BCUT2D eigenvalue weighted by Crippen LogP contribution is -2.32. The van der Waals surface area contributed by atoms with Gasteiger partial charge in [0.1, 0.15) is 18.1 Å². The molecule has 2 aromatic carbocycles. The number of rotatable bonds is 8. The maximum atomic E-state index is 12.7. The quantitative estimate of drug-likeness (QED) is 0.621. The average molecular weight is 447 g/mol. The van der Waals surface area contributed by atoms with Crippen molar-refractivity contribution in [1.82, 2.24) is 4.90 Å². The minimum Gasteiger partial charge on any atom is -0.492 e. The van der Waals surface area contributed by atoms with Crippen molar-refractivity contribution in [2.24, 2.45) is 5.73 Å². The van der Waals surface area contributed by atoms with E-state index < -0.39 is 11.8 Å². The molecule has 30 heavy (non-hydrogen) atoms. The van der Waals surface area contributed by atoms with Crippen LogP contribution in [0.15, 0.2) is 47.4 Å². The van der Waals surface area contributed by atoms with E-state index in [9.17, 15) is 14.4 Å². The molecule has 156 valence electrons. The average Bonchev–Trinajstić information content (AvgIpc) is 2.95. The number of hydrogen-bond donors (Lipinski definition) is 1. The van der Waals surface area contributed by atoms with Crippen molar-refractivity contribution in [2.45, 2.75) is 6.92 Å². The molecule has 0 spiro atoms. The zero-order valence-corrected chi connectivity index (χ0v) is 17.7. The summed E-state index contributed by atoms with van der Waals surface area (Å²) in [6, 6.07) is 12.2. The summed E-state index contributed by atoms with van der Waals surface area (Å²) in [6.07, 6.45) is 1.51. The van der Waals surface area contributed by atoms with E-state index in [1.807, 2.05) is 31.2 Å². The number of hydrogen-bond acceptors (Lipinski definition) is 6. The lowest BCUT2D eigenvalue weighted by molar-refractivity contribution is -0.123. The van der Waals surface area contributed by atoms with E-state index in [1.54, 1.807) is 18.2 Å². The molecule has 3 amide bonds. The molecule has 1 aliphatic heterocycles. The smallest absolute Gasteiger partial charge is 0.293 e. The van der Waals surface area contributed by atoms with Gasteiger partial charge in [-0.2, -0.15) is 0 Å². The van der Waals surface area contributed by atoms with Crippen LogP contribution in [-0.4, -0.2) is 41.7 Å². The van der Waals surface area contributed by atoms with Gasteiger partial charge in [0.25, 0.3) is 17.1 Å². The summed E-state index contributed by atoms with van der Waals surface area (Å²) in [5, 5.41) is 0.0270. The van der Waals surface area contributed by atoms with E-state index in [0.29, 0.717) is 22.1 Å². The number of nitrogens with two attached hydrogens (primary N) is 1. The second-order valence-electron chi connectivity index (χ2n) is 6.44. The first-order valence-corrected chi connectivity index (χ1v) is 10.2. The zero-order chi connectivity index (χ0) is 21.7. The number of carbonyl (C=O) groups is 3. The highest BCUT2D eigenvalue weighted by atomic mass is 35.5. The van der Waals surface area contributed by atoms with Crippen molar-refractivity contribution in [3.63, 3.8) is 0 Å². The molecule has 0 atom stereocenters. The van der Waals surface area contributed by atoms with Crippen molar-refractivity contribution in [3.8, 4) is 11.5 Å². The highest BCUT2D eigenvalue weighted by molar-refractivity contribution is 8.18. The van der Waals surface area contributed by atoms with Crippen LogP contribution in [0.2, 0.25) is 5.02 Å². The number of ether oxygens (including phenoxy) is 2. The van der Waals surface area contributed by atoms with Crippen molar-refractivity contribution < 1.29 is 23.9 Å². The second-order valence-corrected chi connectivity index (χ2v) is 7.87. The summed E-state index contributed by atoms with van der Waals surface area (Å²) in [7, 11) is 0. The molecule has 0 aliphatic carbocycles. The number of benzene rings is 2. The number of imide groups is 1. The number of halogens is 1. The summed E-state index contributed by atoms with van der Waals surface area (Å²) in [4.78, 5) is 37.3. The van der Waals surface area contributed by atoms with Crippen molar-refractivity contribution in [1.29, 1.82) is 0 Å². The lowest BCUT2D eigenvalue weighted by atomic mass is 10.2. The van der Waals surface area contributed by atoms with Crippen LogP contribution in [0.1, 0.15) is 11.1 Å². The second kappa shape index (κ2) is 9.69. The summed E-state index contributed by atoms with van der Waals surface area (Å²) in [6.45, 7) is 1.93. The molecule has 2 N–H and O–H groups in total. The molecule has 2 aromatic rings. The summed E-state index contributed by atoms with van der Waals surface area (Å²) >= 11 is 6.85. The molecule has 0 radical (unpaired) electrons. The largest absolute Gasteiger partial charge is 0.492 e. The van der Waals surface area contributed by atoms with E-state index in [1.165, 1.54) is 6.08 Å². The molecule has 1 heterocycles. The molecule has 0 bridgehead atoms. The van der Waals surface area contributed by atoms with Crippen LogP contribution in [0.25, 0.3) is 6.08 Å². The maximum Gasteiger partial charge on any atom is 0.293 e. The predicted octanol–water partition coefficient (Wildman–Crippen LogP) is 3.63. The number of thioether (sulfide) groups is 1. The summed E-state index contributed by atoms with van der Waals surface area (Å²) < 4.78 is 11.0. The van der Waals surface area contributed by atoms with Gasteiger partial charge in [-0.25, -0.2) is 0 Å². The Morgan fingerprint density at radius 2 is 2.00 bits per heavy atom. The molecule has 0 saturated carbocycles. The molecular weight excluding hydrogens is 428 g/mol. The Morgan fingerprint density at radius 3 is 2.73 bits per heavy atom. The fourth-order valence-electron chi connectivity index (χ4n) is 2.71. The van der Waals surface area contributed by atoms with Crippen LogP contribution in [0.5, 0.6) is 11.5 Å². The van der Waals surface area contributed by atoms with Gasteiger partial charge in [-0.3, -0.25) is 19.3 Å². The van der Waals surface area contributed by atoms with E-state index in [2.05, 4.69) is 0 Å². The van der Waals surface area contributed by atoms with E-state index in [-0.39, 0.29) is 29.9 Å². The van der Waals surface area contributed by atoms with E-state index >= 15 is 0 Å². The standard InChI is InChI=1S/C21H19ClN2O5S/c1-13-3-2-4-16(9-13)28-8-7-24-20(26)18(30-21(24)27)11-14-10-15(22)5-6-17(14)29-12-19(23)25/h2-6,9-11H,7-8,12H2,1H3,(H2,23,25)/b18-11-. The van der Waals surface area contributed by atoms with Gasteiger partial charge in [0.2, 0.25) is 0 Å². The van der Waals surface area contributed by atoms with Gasteiger partial charge in [0.15, 0.2) is 6.61 Å². The van der Waals surface area contributed by atoms with Crippen molar-refractivity contribution >= 4 is 46.5 Å². The third-order valence-corrected chi connectivity index (χ3v) is 5.22. The first kappa shape index (κ1) is 21.7. The Hall–Kier alpha value is -2.97. The number of nitrogens with zero attached hydrogens (tertiary/aromatic N) is 1. The fraction of sp³-hybridized carbons (Fsp3) is 0.190. The normalized spacial score (nSPS) is 15.0. The number of carbonyl (C=O) groups excluding carboxylic acids is 3. The Bertz CT molecular complexity index is 1020. The Morgan fingerprint density at radius 1 is 1.20 bits per heavy atom. The van der Waals surface area contributed by atoms with Crippen LogP contribution in [0, 0.1) is 6.92 Å². The molecule has 3 rings (SSSR count). The molecule has 1 saturated heterocycles. The molecule has 9 heteroatoms. The van der Waals surface area contributed by atoms with Crippen LogP contribution in [0.3, 0.4) is 0 Å². The minimum atomic E-state index is -0.634. The number of primary amides is 1. The SMILES string of the molecule is Cc1cccc(OCCN2C(=O)S/C(=C\c3cc(Cl)ccc3OCC(N)=O)C2=O)c1. The highest BCUT2D eigenvalue weighted by Crippen LogP contribution is 2.34. The highest BCUT2D eigenvalue weighted by Gasteiger charge is 2.35. The van der Waals surface area contributed by atoms with Gasteiger partial charge < -0.3 is 15.2 Å². The van der Waals surface area contributed by atoms with Gasteiger partial charge in [0, 0.05) is 10.6 Å². The first-order chi connectivity index (χ1) is 14.3. The van der Waals surface area contributed by atoms with E-state index in [0.717, 1.165) is 22.2 Å². The van der Waals surface area contributed by atoms with Gasteiger partial charge in [-0.1, -0.05) is 23.7 Å². The van der Waals surface area contributed by atoms with Crippen LogP contribution >= 0.6 is 23.4 Å². The molecule has 1 fully saturated rings. The van der Waals surface area contributed by atoms with Crippen LogP contribution < -0.4 is 15.2 Å². The van der Waals surface area contributed by atoms with Gasteiger partial charge in [0.05, 0.1) is 11.4 Å². The minimum absolute atomic E-state index is 0.122. The van der Waals surface area contributed by atoms with Crippen molar-refractivity contribution in [2.75, 3.05) is 19.8 Å². The topological polar surface area (TPSA) is 98.9 Å². The molecule has 7 nitrogen and oxygen atoms in total. The van der Waals surface area contributed by atoms with Crippen LogP contribution in [0.4, 0.5) is 4.79 Å². The van der Waals surface area contributed by atoms with Gasteiger partial charge in [-0.05, 0) is 60.7 Å². The third kappa shape index (κ3) is 5.55. The predicted molar refractivity (Wildman–Crippen MR) is 115 cm³/mol. The third-order valence-electron chi connectivity index (χ3n) is 4.08. The Kier molecular flexibility index (Phi) is 7.02. The van der Waals surface area contributed by atoms with Crippen molar-refractivity contribution in [3.05, 3.63) is 63.5 Å². The van der Waals surface area contributed by atoms with Gasteiger partial charge >= 0.3 is 0 Å². The molecule has 1 aliphatic rings. The number of amides is 3. The molecule has 0 unspecified atom stereocenters.